The van der Waals surface area contributed by atoms with Crippen LogP contribution in [0, 0.1) is 0 Å². The Morgan fingerprint density at radius 1 is 1.56 bits per heavy atom. The van der Waals surface area contributed by atoms with E-state index in [1.54, 1.807) is 6.92 Å². The molecule has 0 spiro atoms. The van der Waals surface area contributed by atoms with Gasteiger partial charge in [0, 0.05) is 0 Å². The van der Waals surface area contributed by atoms with Crippen LogP contribution in [0.3, 0.4) is 0 Å². The molecule has 0 bridgehead atoms. The third kappa shape index (κ3) is 2.52. The van der Waals surface area contributed by atoms with Crippen LogP contribution in [-0.4, -0.2) is 37.1 Å². The van der Waals surface area contributed by atoms with E-state index in [0.29, 0.717) is 0 Å². The fraction of sp³-hybridized carbons (Fsp3) is 0.818. The number of rotatable bonds is 4. The molecule has 1 heterocycles. The van der Waals surface area contributed by atoms with Gasteiger partial charge in [-0.2, -0.15) is 0 Å². The van der Waals surface area contributed by atoms with Gasteiger partial charge in [-0.05, 0) is 32.7 Å². The van der Waals surface area contributed by atoms with Crippen LogP contribution in [-0.2, 0) is 14.3 Å². The topological polar surface area (TPSA) is 67.4 Å². The summed E-state index contributed by atoms with van der Waals surface area (Å²) in [4.78, 5) is 23.2. The van der Waals surface area contributed by atoms with Gasteiger partial charge in [-0.25, -0.2) is 4.79 Å². The second-order valence-corrected chi connectivity index (χ2v) is 4.18. The standard InChI is InChI=1S/C11H20N2O3/c1-4-11(6-5-7-12-11)10(15)13-8(2)9(14)16-3/h8,12H,4-7H2,1-3H3,(H,13,15). The molecule has 0 saturated carbocycles. The first-order valence-corrected chi connectivity index (χ1v) is 5.69. The van der Waals surface area contributed by atoms with Gasteiger partial charge in [-0.15, -0.1) is 0 Å². The molecule has 1 amide bonds. The number of esters is 1. The fourth-order valence-electron chi connectivity index (χ4n) is 2.03. The molecule has 2 unspecified atom stereocenters. The van der Waals surface area contributed by atoms with Crippen LogP contribution in [0.2, 0.25) is 0 Å². The normalized spacial score (nSPS) is 26.2. The molecular formula is C11H20N2O3. The van der Waals surface area contributed by atoms with Gasteiger partial charge < -0.3 is 15.4 Å². The molecule has 2 N–H and O–H groups in total. The lowest BCUT2D eigenvalue weighted by Gasteiger charge is -2.28. The van der Waals surface area contributed by atoms with Crippen molar-refractivity contribution in [1.29, 1.82) is 0 Å². The summed E-state index contributed by atoms with van der Waals surface area (Å²) in [5, 5.41) is 5.91. The highest BCUT2D eigenvalue weighted by atomic mass is 16.5. The molecule has 2 atom stereocenters. The van der Waals surface area contributed by atoms with Crippen LogP contribution in [0.1, 0.15) is 33.1 Å². The highest BCUT2D eigenvalue weighted by Crippen LogP contribution is 2.23. The van der Waals surface area contributed by atoms with Crippen LogP contribution < -0.4 is 10.6 Å². The van der Waals surface area contributed by atoms with Gasteiger partial charge in [-0.1, -0.05) is 6.92 Å². The van der Waals surface area contributed by atoms with Gasteiger partial charge in [-0.3, -0.25) is 4.79 Å². The molecule has 1 aliphatic rings. The molecule has 0 aromatic carbocycles. The SMILES string of the molecule is CCC1(C(=O)NC(C)C(=O)OC)CCCN1. The summed E-state index contributed by atoms with van der Waals surface area (Å²) in [6.45, 7) is 4.45. The Labute approximate surface area is 95.9 Å². The first-order valence-electron chi connectivity index (χ1n) is 5.69. The summed E-state index contributed by atoms with van der Waals surface area (Å²) in [6.07, 6.45) is 2.55. The number of carbonyl (C=O) groups excluding carboxylic acids is 2. The number of hydrogen-bond donors (Lipinski definition) is 2. The molecule has 0 aromatic rings. The minimum Gasteiger partial charge on any atom is -0.467 e. The van der Waals surface area contributed by atoms with Gasteiger partial charge in [0.05, 0.1) is 12.6 Å². The number of amides is 1. The molecule has 0 aliphatic carbocycles. The zero-order valence-corrected chi connectivity index (χ0v) is 10.1. The van der Waals surface area contributed by atoms with Gasteiger partial charge in [0.1, 0.15) is 6.04 Å². The summed E-state index contributed by atoms with van der Waals surface area (Å²) in [7, 11) is 1.31. The maximum Gasteiger partial charge on any atom is 0.328 e. The molecular weight excluding hydrogens is 208 g/mol. The Morgan fingerprint density at radius 2 is 2.25 bits per heavy atom. The number of carbonyl (C=O) groups is 2. The van der Waals surface area contributed by atoms with E-state index in [9.17, 15) is 9.59 Å². The minimum absolute atomic E-state index is 0.106. The smallest absolute Gasteiger partial charge is 0.328 e. The van der Waals surface area contributed by atoms with Crippen LogP contribution in [0.25, 0.3) is 0 Å². The van der Waals surface area contributed by atoms with Crippen LogP contribution >= 0.6 is 0 Å². The predicted molar refractivity (Wildman–Crippen MR) is 59.9 cm³/mol. The van der Waals surface area contributed by atoms with Crippen molar-refractivity contribution in [2.24, 2.45) is 0 Å². The van der Waals surface area contributed by atoms with Crippen molar-refractivity contribution < 1.29 is 14.3 Å². The van der Waals surface area contributed by atoms with Crippen molar-refractivity contribution in [3.8, 4) is 0 Å². The second kappa shape index (κ2) is 5.30. The first-order chi connectivity index (χ1) is 7.55. The fourth-order valence-corrected chi connectivity index (χ4v) is 2.03. The summed E-state index contributed by atoms with van der Waals surface area (Å²) in [6, 6.07) is -0.594. The molecule has 0 radical (unpaired) electrons. The molecule has 0 aromatic heterocycles. The highest BCUT2D eigenvalue weighted by molar-refractivity contribution is 5.90. The molecule has 1 fully saturated rings. The van der Waals surface area contributed by atoms with Crippen molar-refractivity contribution in [2.75, 3.05) is 13.7 Å². The Hall–Kier alpha value is -1.10. The number of ether oxygens (including phenoxy) is 1. The van der Waals surface area contributed by atoms with Crippen molar-refractivity contribution in [1.82, 2.24) is 10.6 Å². The zero-order valence-electron chi connectivity index (χ0n) is 10.1. The third-order valence-corrected chi connectivity index (χ3v) is 3.18. The van der Waals surface area contributed by atoms with E-state index < -0.39 is 17.6 Å². The van der Waals surface area contributed by atoms with E-state index in [1.165, 1.54) is 7.11 Å². The Balaban J connectivity index is 2.60. The highest BCUT2D eigenvalue weighted by Gasteiger charge is 2.40. The van der Waals surface area contributed by atoms with Crippen molar-refractivity contribution in [2.45, 2.75) is 44.7 Å². The quantitative estimate of drug-likeness (QED) is 0.674. The van der Waals surface area contributed by atoms with Crippen molar-refractivity contribution >= 4 is 11.9 Å². The van der Waals surface area contributed by atoms with Crippen LogP contribution in [0.4, 0.5) is 0 Å². The second-order valence-electron chi connectivity index (χ2n) is 4.18. The monoisotopic (exact) mass is 228 g/mol. The van der Waals surface area contributed by atoms with Crippen LogP contribution in [0.15, 0.2) is 0 Å². The summed E-state index contributed by atoms with van der Waals surface area (Å²) >= 11 is 0. The maximum absolute atomic E-state index is 12.0. The molecule has 5 nitrogen and oxygen atoms in total. The van der Waals surface area contributed by atoms with E-state index >= 15 is 0 Å². The zero-order chi connectivity index (χ0) is 12.2. The van der Waals surface area contributed by atoms with Gasteiger partial charge in [0.25, 0.3) is 0 Å². The van der Waals surface area contributed by atoms with E-state index in [0.717, 1.165) is 25.8 Å². The lowest BCUT2D eigenvalue weighted by molar-refractivity contribution is -0.145. The average Bonchev–Trinajstić information content (AvgIpc) is 2.77. The minimum atomic E-state index is -0.594. The number of nitrogens with one attached hydrogen (secondary N) is 2. The molecule has 92 valence electrons. The lowest BCUT2D eigenvalue weighted by atomic mass is 9.93. The first kappa shape index (κ1) is 13.0. The van der Waals surface area contributed by atoms with Gasteiger partial charge in [0.2, 0.25) is 5.91 Å². The molecule has 1 aliphatic heterocycles. The molecule has 16 heavy (non-hydrogen) atoms. The number of hydrogen-bond acceptors (Lipinski definition) is 4. The Bertz CT molecular complexity index is 272. The predicted octanol–water partition coefficient (Wildman–Crippen LogP) is 0.196. The number of methoxy groups -OCH3 is 1. The van der Waals surface area contributed by atoms with E-state index in [-0.39, 0.29) is 5.91 Å². The molecule has 5 heteroatoms. The van der Waals surface area contributed by atoms with E-state index in [4.69, 9.17) is 0 Å². The van der Waals surface area contributed by atoms with E-state index in [1.807, 2.05) is 6.92 Å². The van der Waals surface area contributed by atoms with Crippen molar-refractivity contribution in [3.05, 3.63) is 0 Å². The molecule has 1 saturated heterocycles. The van der Waals surface area contributed by atoms with Crippen molar-refractivity contribution in [3.63, 3.8) is 0 Å². The summed E-state index contributed by atoms with van der Waals surface area (Å²) in [5.41, 5.74) is -0.498. The Kier molecular flexibility index (Phi) is 4.29. The largest absolute Gasteiger partial charge is 0.467 e. The summed E-state index contributed by atoms with van der Waals surface area (Å²) in [5.74, 6) is -0.525. The van der Waals surface area contributed by atoms with Crippen LogP contribution in [0.5, 0.6) is 0 Å². The Morgan fingerprint density at radius 3 is 2.69 bits per heavy atom. The average molecular weight is 228 g/mol. The maximum atomic E-state index is 12.0. The van der Waals surface area contributed by atoms with Gasteiger partial charge >= 0.3 is 5.97 Å². The van der Waals surface area contributed by atoms with Gasteiger partial charge in [0.15, 0.2) is 0 Å². The summed E-state index contributed by atoms with van der Waals surface area (Å²) < 4.78 is 4.57. The third-order valence-electron chi connectivity index (χ3n) is 3.18. The van der Waals surface area contributed by atoms with E-state index in [2.05, 4.69) is 15.4 Å². The lowest BCUT2D eigenvalue weighted by Crippen LogP contribution is -2.56. The molecule has 1 rings (SSSR count).